The van der Waals surface area contributed by atoms with Crippen LogP contribution in [0.15, 0.2) is 18.3 Å². The lowest BCUT2D eigenvalue weighted by Crippen LogP contribution is -2.20. The highest BCUT2D eigenvalue weighted by Crippen LogP contribution is 2.31. The summed E-state index contributed by atoms with van der Waals surface area (Å²) in [7, 11) is 7.01. The third-order valence-electron chi connectivity index (χ3n) is 4.20. The molecule has 2 aromatic heterocycles. The first-order valence-electron chi connectivity index (χ1n) is 7.82. The number of methoxy groups -OCH3 is 2. The van der Waals surface area contributed by atoms with Crippen LogP contribution in [0.2, 0.25) is 0 Å². The normalized spacial score (nSPS) is 10.9. The first-order chi connectivity index (χ1) is 11.9. The average Bonchev–Trinajstić information content (AvgIpc) is 2.98. The van der Waals surface area contributed by atoms with E-state index >= 15 is 0 Å². The summed E-state index contributed by atoms with van der Waals surface area (Å²) < 4.78 is 12.4. The molecule has 0 saturated heterocycles. The number of ether oxygens (including phenoxy) is 2. The topological polar surface area (TPSA) is 91.3 Å². The van der Waals surface area contributed by atoms with E-state index in [9.17, 15) is 0 Å². The largest absolute Gasteiger partial charge is 0.493 e. The monoisotopic (exact) mass is 342 g/mol. The van der Waals surface area contributed by atoms with E-state index in [0.29, 0.717) is 35.5 Å². The molecule has 1 aromatic carbocycles. The third-order valence-corrected chi connectivity index (χ3v) is 4.20. The lowest BCUT2D eigenvalue weighted by atomic mass is 10.1. The molecule has 132 valence electrons. The Morgan fingerprint density at radius 3 is 2.52 bits per heavy atom. The predicted octanol–water partition coefficient (Wildman–Crippen LogP) is 1.91. The van der Waals surface area contributed by atoms with Crippen LogP contribution >= 0.6 is 0 Å². The molecule has 8 nitrogen and oxygen atoms in total. The summed E-state index contributed by atoms with van der Waals surface area (Å²) in [5.41, 5.74) is 8.94. The lowest BCUT2D eigenvalue weighted by Gasteiger charge is -2.20. The highest BCUT2D eigenvalue weighted by Gasteiger charge is 2.15. The van der Waals surface area contributed by atoms with Crippen LogP contribution in [0.5, 0.6) is 11.5 Å². The lowest BCUT2D eigenvalue weighted by molar-refractivity contribution is 0.354. The summed E-state index contributed by atoms with van der Waals surface area (Å²) in [5.74, 6) is 2.37. The fraction of sp³-hybridized carbons (Fsp3) is 0.353. The van der Waals surface area contributed by atoms with Crippen molar-refractivity contribution in [2.75, 3.05) is 31.9 Å². The smallest absolute Gasteiger partial charge is 0.229 e. The zero-order valence-corrected chi connectivity index (χ0v) is 15.1. The van der Waals surface area contributed by atoms with Gasteiger partial charge in [-0.05, 0) is 30.2 Å². The molecule has 2 heterocycles. The molecule has 0 atom stereocenters. The number of fused-ring (bicyclic) bond motifs is 1. The molecule has 0 aliphatic rings. The van der Waals surface area contributed by atoms with Gasteiger partial charge in [-0.25, -0.2) is 0 Å². The van der Waals surface area contributed by atoms with Crippen molar-refractivity contribution in [3.63, 3.8) is 0 Å². The number of hydrogen-bond donors (Lipinski definition) is 1. The van der Waals surface area contributed by atoms with Crippen molar-refractivity contribution < 1.29 is 9.47 Å². The van der Waals surface area contributed by atoms with Crippen LogP contribution < -0.4 is 20.1 Å². The number of hydrogen-bond acceptors (Lipinski definition) is 7. The summed E-state index contributed by atoms with van der Waals surface area (Å²) in [4.78, 5) is 10.9. The van der Waals surface area contributed by atoms with Crippen molar-refractivity contribution in [2.24, 2.45) is 7.05 Å². The van der Waals surface area contributed by atoms with E-state index in [1.165, 1.54) is 0 Å². The number of anilines is 2. The fourth-order valence-electron chi connectivity index (χ4n) is 2.72. The van der Waals surface area contributed by atoms with E-state index in [1.54, 1.807) is 25.1 Å². The number of benzene rings is 1. The molecule has 0 bridgehead atoms. The van der Waals surface area contributed by atoms with Gasteiger partial charge < -0.3 is 20.1 Å². The number of nitrogens with two attached hydrogens (primary N) is 1. The van der Waals surface area contributed by atoms with Crippen molar-refractivity contribution in [1.29, 1.82) is 0 Å². The van der Waals surface area contributed by atoms with Gasteiger partial charge >= 0.3 is 0 Å². The Labute approximate surface area is 146 Å². The molecule has 8 heteroatoms. The van der Waals surface area contributed by atoms with E-state index in [1.807, 2.05) is 38.1 Å². The maximum atomic E-state index is 6.05. The average molecular weight is 342 g/mol. The Balaban J connectivity index is 1.95. The van der Waals surface area contributed by atoms with Crippen molar-refractivity contribution in [3.8, 4) is 11.5 Å². The Bertz CT molecular complexity index is 921. The zero-order valence-electron chi connectivity index (χ0n) is 15.1. The number of rotatable bonds is 5. The van der Waals surface area contributed by atoms with Crippen LogP contribution in [0.25, 0.3) is 11.0 Å². The van der Waals surface area contributed by atoms with Gasteiger partial charge in [-0.2, -0.15) is 15.1 Å². The van der Waals surface area contributed by atoms with Gasteiger partial charge in [0.05, 0.1) is 25.8 Å². The molecule has 0 aliphatic heterocycles. The van der Waals surface area contributed by atoms with Gasteiger partial charge in [0.25, 0.3) is 0 Å². The van der Waals surface area contributed by atoms with E-state index in [-0.39, 0.29) is 0 Å². The van der Waals surface area contributed by atoms with Crippen LogP contribution in [0.4, 0.5) is 11.8 Å². The number of nitrogens with zero attached hydrogens (tertiary/aromatic N) is 5. The Morgan fingerprint density at radius 2 is 1.84 bits per heavy atom. The van der Waals surface area contributed by atoms with Crippen LogP contribution in [-0.4, -0.2) is 41.0 Å². The quantitative estimate of drug-likeness (QED) is 0.757. The molecule has 25 heavy (non-hydrogen) atoms. The van der Waals surface area contributed by atoms with Gasteiger partial charge in [0, 0.05) is 20.6 Å². The van der Waals surface area contributed by atoms with Crippen LogP contribution in [-0.2, 0) is 13.6 Å². The molecule has 0 saturated carbocycles. The second-order valence-corrected chi connectivity index (χ2v) is 5.90. The molecular weight excluding hydrogens is 320 g/mol. The van der Waals surface area contributed by atoms with Crippen LogP contribution in [0.3, 0.4) is 0 Å². The third kappa shape index (κ3) is 3.02. The van der Waals surface area contributed by atoms with Gasteiger partial charge in [-0.3, -0.25) is 4.68 Å². The molecule has 2 N–H and O–H groups in total. The maximum absolute atomic E-state index is 6.05. The van der Waals surface area contributed by atoms with E-state index in [4.69, 9.17) is 15.2 Å². The maximum Gasteiger partial charge on any atom is 0.229 e. The highest BCUT2D eigenvalue weighted by molar-refractivity contribution is 5.86. The van der Waals surface area contributed by atoms with Crippen molar-refractivity contribution in [3.05, 3.63) is 29.5 Å². The molecule has 0 unspecified atom stereocenters. The molecule has 0 fully saturated rings. The Morgan fingerprint density at radius 1 is 1.16 bits per heavy atom. The van der Waals surface area contributed by atoms with Crippen LogP contribution in [0, 0.1) is 6.92 Å². The number of aryl methyl sites for hydroxylation is 2. The van der Waals surface area contributed by atoms with Crippen molar-refractivity contribution in [1.82, 2.24) is 19.7 Å². The predicted molar refractivity (Wildman–Crippen MR) is 97.1 cm³/mol. The van der Waals surface area contributed by atoms with Crippen molar-refractivity contribution in [2.45, 2.75) is 13.5 Å². The standard InChI is InChI=1S/C17H22N6O2/c1-10-6-13(24-4)14(25-5)7-11(10)9-22(2)17-20-15(18)12-8-19-23(3)16(12)21-17/h6-8H,9H2,1-5H3,(H2,18,20,21). The zero-order chi connectivity index (χ0) is 18.1. The van der Waals surface area contributed by atoms with E-state index in [0.717, 1.165) is 16.5 Å². The highest BCUT2D eigenvalue weighted by atomic mass is 16.5. The fourth-order valence-corrected chi connectivity index (χ4v) is 2.72. The minimum atomic E-state index is 0.420. The number of nitrogen functional groups attached to an aromatic ring is 1. The minimum absolute atomic E-state index is 0.420. The molecule has 0 radical (unpaired) electrons. The number of aromatic nitrogens is 4. The summed E-state index contributed by atoms with van der Waals surface area (Å²) in [6.07, 6.45) is 1.67. The van der Waals surface area contributed by atoms with Gasteiger partial charge in [-0.15, -0.1) is 0 Å². The second-order valence-electron chi connectivity index (χ2n) is 5.90. The Kier molecular flexibility index (Phi) is 4.35. The van der Waals surface area contributed by atoms with Crippen molar-refractivity contribution >= 4 is 22.8 Å². The minimum Gasteiger partial charge on any atom is -0.493 e. The Hall–Kier alpha value is -3.03. The van der Waals surface area contributed by atoms with Gasteiger partial charge in [0.1, 0.15) is 5.82 Å². The summed E-state index contributed by atoms with van der Waals surface area (Å²) in [5, 5.41) is 4.93. The SMILES string of the molecule is COc1cc(C)c(CN(C)c2nc(N)c3cnn(C)c3n2)cc1OC. The first-order valence-corrected chi connectivity index (χ1v) is 7.82. The van der Waals surface area contributed by atoms with Crippen LogP contribution in [0.1, 0.15) is 11.1 Å². The molecule has 0 spiro atoms. The summed E-state index contributed by atoms with van der Waals surface area (Å²) in [6.45, 7) is 2.64. The van der Waals surface area contributed by atoms with E-state index in [2.05, 4.69) is 15.1 Å². The van der Waals surface area contributed by atoms with Gasteiger partial charge in [0.2, 0.25) is 5.95 Å². The van der Waals surface area contributed by atoms with Gasteiger partial charge in [-0.1, -0.05) is 0 Å². The second kappa shape index (κ2) is 6.46. The molecule has 0 aliphatic carbocycles. The van der Waals surface area contributed by atoms with Gasteiger partial charge in [0.15, 0.2) is 17.1 Å². The molecule has 0 amide bonds. The summed E-state index contributed by atoms with van der Waals surface area (Å²) in [6, 6.07) is 3.93. The molecule has 3 aromatic rings. The van der Waals surface area contributed by atoms with E-state index < -0.39 is 0 Å². The molecular formula is C17H22N6O2. The molecule has 3 rings (SSSR count). The first kappa shape index (κ1) is 16.8. The summed E-state index contributed by atoms with van der Waals surface area (Å²) >= 11 is 0.